The highest BCUT2D eigenvalue weighted by atomic mass is 32.1. The fraction of sp³-hybridized carbons (Fsp3) is 0.636. The number of aliphatic hydroxyl groups excluding tert-OH is 1. The molecule has 0 saturated carbocycles. The maximum atomic E-state index is 8.72. The van der Waals surface area contributed by atoms with Crippen molar-refractivity contribution >= 4 is 11.3 Å². The zero-order valence-corrected chi connectivity index (χ0v) is 10.3. The molecule has 0 aliphatic rings. The number of aryl methyl sites for hydroxylation is 1. The monoisotopic (exact) mass is 245 g/mol. The Morgan fingerprint density at radius 1 is 1.56 bits per heavy atom. The number of nitrogens with two attached hydrogens (primary N) is 1. The molecule has 0 bridgehead atoms. The number of hydrogen-bond donors (Lipinski definition) is 2. The van der Waals surface area contributed by atoms with Crippen LogP contribution in [-0.2, 0) is 22.5 Å². The van der Waals surface area contributed by atoms with E-state index in [2.05, 4.69) is 11.4 Å². The largest absolute Gasteiger partial charge is 0.396 e. The summed E-state index contributed by atoms with van der Waals surface area (Å²) in [5.41, 5.74) is 6.58. The minimum absolute atomic E-state index is 0.239. The van der Waals surface area contributed by atoms with E-state index in [0.717, 1.165) is 18.4 Å². The smallest absolute Gasteiger partial charge is 0.169 e. The highest BCUT2D eigenvalue weighted by Crippen LogP contribution is 2.17. The van der Waals surface area contributed by atoms with Gasteiger partial charge in [0.25, 0.3) is 0 Å². The normalized spacial score (nSPS) is 12.9. The van der Waals surface area contributed by atoms with Crippen molar-refractivity contribution < 1.29 is 14.6 Å². The molecule has 92 valence electrons. The zero-order valence-electron chi connectivity index (χ0n) is 9.52. The number of aliphatic hydroxyl groups is 1. The Balaban J connectivity index is 2.33. The lowest BCUT2D eigenvalue weighted by Gasteiger charge is -2.12. The number of thiophene rings is 1. The average molecular weight is 245 g/mol. The summed E-state index contributed by atoms with van der Waals surface area (Å²) in [5.74, 6) is 0. The van der Waals surface area contributed by atoms with Crippen molar-refractivity contribution in [3.63, 3.8) is 0 Å². The van der Waals surface area contributed by atoms with Crippen LogP contribution >= 0.6 is 11.3 Å². The lowest BCUT2D eigenvalue weighted by atomic mass is 10.2. The first kappa shape index (κ1) is 13.6. The predicted octanol–water partition coefficient (Wildman–Crippen LogP) is 1.12. The summed E-state index contributed by atoms with van der Waals surface area (Å²) in [4.78, 5) is 1.27. The van der Waals surface area contributed by atoms with Gasteiger partial charge in [0.2, 0.25) is 0 Å². The molecule has 0 saturated heterocycles. The van der Waals surface area contributed by atoms with E-state index in [9.17, 15) is 0 Å². The molecule has 1 rings (SSSR count). The topological polar surface area (TPSA) is 64.7 Å². The number of methoxy groups -OCH3 is 1. The van der Waals surface area contributed by atoms with Gasteiger partial charge in [-0.3, -0.25) is 0 Å². The van der Waals surface area contributed by atoms with Crippen molar-refractivity contribution in [1.82, 2.24) is 0 Å². The number of hydrogen-bond acceptors (Lipinski definition) is 5. The summed E-state index contributed by atoms with van der Waals surface area (Å²) in [6.07, 6.45) is 1.40. The van der Waals surface area contributed by atoms with E-state index in [1.54, 1.807) is 18.4 Å². The van der Waals surface area contributed by atoms with Crippen molar-refractivity contribution in [2.24, 2.45) is 5.73 Å². The molecule has 5 heteroatoms. The molecule has 1 unspecified atom stereocenters. The van der Waals surface area contributed by atoms with Crippen LogP contribution in [0.3, 0.4) is 0 Å². The Labute approximate surface area is 100.0 Å². The first-order valence-electron chi connectivity index (χ1n) is 5.31. The van der Waals surface area contributed by atoms with Crippen LogP contribution in [0.4, 0.5) is 0 Å². The minimum atomic E-state index is -0.333. The van der Waals surface area contributed by atoms with Crippen molar-refractivity contribution in [3.8, 4) is 0 Å². The number of rotatable bonds is 8. The molecular weight excluding hydrogens is 226 g/mol. The van der Waals surface area contributed by atoms with E-state index in [-0.39, 0.29) is 12.9 Å². The van der Waals surface area contributed by atoms with Crippen LogP contribution in [0.1, 0.15) is 16.9 Å². The van der Waals surface area contributed by atoms with E-state index in [1.807, 2.05) is 0 Å². The van der Waals surface area contributed by atoms with E-state index >= 15 is 0 Å². The van der Waals surface area contributed by atoms with Crippen LogP contribution in [0, 0.1) is 0 Å². The van der Waals surface area contributed by atoms with Gasteiger partial charge in [0.15, 0.2) is 6.29 Å². The molecule has 16 heavy (non-hydrogen) atoms. The lowest BCUT2D eigenvalue weighted by molar-refractivity contribution is -0.124. The second-order valence-electron chi connectivity index (χ2n) is 3.46. The fourth-order valence-electron chi connectivity index (χ4n) is 1.31. The SMILES string of the molecule is COC(CN)OCc1csc(CCCO)c1. The lowest BCUT2D eigenvalue weighted by Crippen LogP contribution is -2.25. The predicted molar refractivity (Wildman–Crippen MR) is 64.4 cm³/mol. The van der Waals surface area contributed by atoms with Crippen molar-refractivity contribution in [2.75, 3.05) is 20.3 Å². The van der Waals surface area contributed by atoms with Gasteiger partial charge in [-0.2, -0.15) is 0 Å². The molecule has 0 amide bonds. The highest BCUT2D eigenvalue weighted by Gasteiger charge is 2.06. The van der Waals surface area contributed by atoms with Crippen LogP contribution in [0.25, 0.3) is 0 Å². The minimum Gasteiger partial charge on any atom is -0.396 e. The molecule has 1 aromatic heterocycles. The molecule has 0 fully saturated rings. The van der Waals surface area contributed by atoms with Gasteiger partial charge in [-0.15, -0.1) is 11.3 Å². The van der Waals surface area contributed by atoms with E-state index < -0.39 is 0 Å². The van der Waals surface area contributed by atoms with E-state index in [0.29, 0.717) is 13.2 Å². The highest BCUT2D eigenvalue weighted by molar-refractivity contribution is 7.10. The summed E-state index contributed by atoms with van der Waals surface area (Å²) in [5, 5.41) is 10.8. The van der Waals surface area contributed by atoms with Gasteiger partial charge in [0, 0.05) is 25.1 Å². The summed E-state index contributed by atoms with van der Waals surface area (Å²) in [6, 6.07) is 2.10. The zero-order chi connectivity index (χ0) is 11.8. The summed E-state index contributed by atoms with van der Waals surface area (Å²) < 4.78 is 10.5. The Bertz CT molecular complexity index is 287. The number of ether oxygens (including phenoxy) is 2. The average Bonchev–Trinajstić information content (AvgIpc) is 2.76. The first-order valence-corrected chi connectivity index (χ1v) is 6.19. The molecular formula is C11H19NO3S. The van der Waals surface area contributed by atoms with Crippen LogP contribution in [0.2, 0.25) is 0 Å². The second kappa shape index (κ2) is 7.76. The van der Waals surface area contributed by atoms with Gasteiger partial charge in [-0.1, -0.05) is 0 Å². The Morgan fingerprint density at radius 3 is 3.00 bits per heavy atom. The molecule has 1 atom stereocenters. The third-order valence-electron chi connectivity index (χ3n) is 2.18. The maximum Gasteiger partial charge on any atom is 0.169 e. The van der Waals surface area contributed by atoms with Gasteiger partial charge >= 0.3 is 0 Å². The van der Waals surface area contributed by atoms with Crippen LogP contribution in [-0.4, -0.2) is 31.7 Å². The third kappa shape index (κ3) is 4.59. The molecule has 0 aliphatic heterocycles. The van der Waals surface area contributed by atoms with Gasteiger partial charge in [0.05, 0.1) is 6.61 Å². The van der Waals surface area contributed by atoms with Gasteiger partial charge in [-0.25, -0.2) is 0 Å². The van der Waals surface area contributed by atoms with Gasteiger partial charge in [0.1, 0.15) is 0 Å². The van der Waals surface area contributed by atoms with Crippen LogP contribution < -0.4 is 5.73 Å². The summed E-state index contributed by atoms with van der Waals surface area (Å²) >= 11 is 1.69. The molecule has 1 heterocycles. The summed E-state index contributed by atoms with van der Waals surface area (Å²) in [7, 11) is 1.58. The van der Waals surface area contributed by atoms with Gasteiger partial charge in [-0.05, 0) is 29.9 Å². The van der Waals surface area contributed by atoms with Crippen molar-refractivity contribution in [1.29, 1.82) is 0 Å². The standard InChI is InChI=1S/C11H19NO3S/c1-14-11(6-12)15-7-9-5-10(16-8-9)3-2-4-13/h5,8,11,13H,2-4,6-7,12H2,1H3. The summed E-state index contributed by atoms with van der Waals surface area (Å²) in [6.45, 7) is 1.12. The Morgan fingerprint density at radius 2 is 2.38 bits per heavy atom. The first-order chi connectivity index (χ1) is 7.80. The molecule has 0 aliphatic carbocycles. The maximum absolute atomic E-state index is 8.72. The van der Waals surface area contributed by atoms with E-state index in [1.165, 1.54) is 4.88 Å². The van der Waals surface area contributed by atoms with Crippen molar-refractivity contribution in [2.45, 2.75) is 25.7 Å². The Hall–Kier alpha value is -0.460. The van der Waals surface area contributed by atoms with Crippen LogP contribution in [0.5, 0.6) is 0 Å². The second-order valence-corrected chi connectivity index (χ2v) is 4.46. The molecule has 1 aromatic rings. The molecule has 0 spiro atoms. The molecule has 4 nitrogen and oxygen atoms in total. The Kier molecular flexibility index (Phi) is 6.59. The van der Waals surface area contributed by atoms with Gasteiger partial charge < -0.3 is 20.3 Å². The van der Waals surface area contributed by atoms with Crippen LogP contribution in [0.15, 0.2) is 11.4 Å². The fourth-order valence-corrected chi connectivity index (χ4v) is 2.23. The molecule has 0 aromatic carbocycles. The third-order valence-corrected chi connectivity index (χ3v) is 3.23. The van der Waals surface area contributed by atoms with E-state index in [4.69, 9.17) is 20.3 Å². The molecule has 0 radical (unpaired) electrons. The molecule has 3 N–H and O–H groups in total. The van der Waals surface area contributed by atoms with Crippen molar-refractivity contribution in [3.05, 3.63) is 21.9 Å². The quantitative estimate of drug-likeness (QED) is 0.674.